The van der Waals surface area contributed by atoms with Crippen LogP contribution in [0.25, 0.3) is 11.0 Å². The van der Waals surface area contributed by atoms with Crippen LogP contribution in [0.1, 0.15) is 26.5 Å². The number of halogens is 2. The minimum Gasteiger partial charge on any atom is -0.451 e. The predicted molar refractivity (Wildman–Crippen MR) is 100 cm³/mol. The van der Waals surface area contributed by atoms with Gasteiger partial charge < -0.3 is 4.42 Å². The lowest BCUT2D eigenvalue weighted by molar-refractivity contribution is 0.0831. The molecule has 0 aliphatic carbocycles. The van der Waals surface area contributed by atoms with E-state index in [1.807, 2.05) is 40.8 Å². The zero-order valence-corrected chi connectivity index (χ0v) is 15.4. The summed E-state index contributed by atoms with van der Waals surface area (Å²) in [5, 5.41) is 1.30. The fourth-order valence-electron chi connectivity index (χ4n) is 2.30. The van der Waals surface area contributed by atoms with Gasteiger partial charge in [-0.15, -0.1) is 0 Å². The molecule has 0 aliphatic heterocycles. The van der Waals surface area contributed by atoms with E-state index >= 15 is 0 Å². The second-order valence-electron chi connectivity index (χ2n) is 5.08. The SMILES string of the molecule is Cc1c(C(=O)NNC(=O)c2cc(Cl)ccc2I)oc2ccccc12. The van der Waals surface area contributed by atoms with Gasteiger partial charge in [-0.25, -0.2) is 0 Å². The van der Waals surface area contributed by atoms with Crippen molar-refractivity contribution in [3.05, 3.63) is 67.9 Å². The molecule has 7 heteroatoms. The van der Waals surface area contributed by atoms with Crippen molar-refractivity contribution in [1.29, 1.82) is 0 Å². The Hall–Kier alpha value is -2.06. The van der Waals surface area contributed by atoms with E-state index in [1.54, 1.807) is 25.1 Å². The molecule has 2 aromatic carbocycles. The van der Waals surface area contributed by atoms with Crippen LogP contribution in [0, 0.1) is 10.5 Å². The van der Waals surface area contributed by atoms with Crippen molar-refractivity contribution in [2.24, 2.45) is 0 Å². The summed E-state index contributed by atoms with van der Waals surface area (Å²) in [6, 6.07) is 12.3. The number of rotatable bonds is 2. The summed E-state index contributed by atoms with van der Waals surface area (Å²) in [7, 11) is 0. The Labute approximate surface area is 156 Å². The molecular formula is C17H12ClIN2O3. The standard InChI is InChI=1S/C17H12ClIN2O3/c1-9-11-4-2-3-5-14(11)24-15(9)17(23)21-20-16(22)12-8-10(18)6-7-13(12)19/h2-8H,1H3,(H,20,22)(H,21,23). The third kappa shape index (κ3) is 3.25. The van der Waals surface area contributed by atoms with E-state index in [2.05, 4.69) is 10.9 Å². The number of carbonyl (C=O) groups is 2. The molecule has 3 rings (SSSR count). The summed E-state index contributed by atoms with van der Waals surface area (Å²) < 4.78 is 6.28. The molecule has 1 aromatic heterocycles. The van der Waals surface area contributed by atoms with Crippen LogP contribution in [0.15, 0.2) is 46.9 Å². The van der Waals surface area contributed by atoms with Gasteiger partial charge in [0.25, 0.3) is 5.91 Å². The molecule has 0 atom stereocenters. The van der Waals surface area contributed by atoms with Gasteiger partial charge in [-0.1, -0.05) is 29.8 Å². The van der Waals surface area contributed by atoms with Gasteiger partial charge in [-0.3, -0.25) is 20.4 Å². The lowest BCUT2D eigenvalue weighted by Crippen LogP contribution is -2.42. The van der Waals surface area contributed by atoms with Crippen molar-refractivity contribution in [1.82, 2.24) is 10.9 Å². The van der Waals surface area contributed by atoms with Crippen LogP contribution in [-0.4, -0.2) is 11.8 Å². The highest BCUT2D eigenvalue weighted by Gasteiger charge is 2.18. The number of para-hydroxylation sites is 1. The molecule has 3 aromatic rings. The molecule has 0 saturated heterocycles. The summed E-state index contributed by atoms with van der Waals surface area (Å²) >= 11 is 7.92. The average molecular weight is 455 g/mol. The number of aryl methyl sites for hydroxylation is 1. The Morgan fingerprint density at radius 2 is 1.79 bits per heavy atom. The number of furan rings is 1. The number of hydrogen-bond acceptors (Lipinski definition) is 3. The fourth-order valence-corrected chi connectivity index (χ4v) is 3.05. The maximum absolute atomic E-state index is 12.3. The van der Waals surface area contributed by atoms with Gasteiger partial charge in [-0.05, 0) is 53.8 Å². The number of benzene rings is 2. The molecule has 0 aliphatic rings. The monoisotopic (exact) mass is 454 g/mol. The smallest absolute Gasteiger partial charge is 0.305 e. The normalized spacial score (nSPS) is 10.6. The lowest BCUT2D eigenvalue weighted by atomic mass is 10.1. The Kier molecular flexibility index (Phi) is 4.77. The zero-order chi connectivity index (χ0) is 17.3. The molecule has 0 radical (unpaired) electrons. The predicted octanol–water partition coefficient (Wildman–Crippen LogP) is 4.07. The first kappa shape index (κ1) is 16.8. The Morgan fingerprint density at radius 1 is 1.08 bits per heavy atom. The zero-order valence-electron chi connectivity index (χ0n) is 12.5. The quantitative estimate of drug-likeness (QED) is 0.453. The van der Waals surface area contributed by atoms with Crippen molar-refractivity contribution in [3.63, 3.8) is 0 Å². The van der Waals surface area contributed by atoms with E-state index in [-0.39, 0.29) is 5.76 Å². The van der Waals surface area contributed by atoms with E-state index in [0.29, 0.717) is 16.2 Å². The van der Waals surface area contributed by atoms with E-state index in [9.17, 15) is 9.59 Å². The van der Waals surface area contributed by atoms with E-state index in [4.69, 9.17) is 16.0 Å². The van der Waals surface area contributed by atoms with Gasteiger partial charge >= 0.3 is 5.91 Å². The molecule has 122 valence electrons. The Balaban J connectivity index is 1.76. The van der Waals surface area contributed by atoms with Crippen molar-refractivity contribution in [3.8, 4) is 0 Å². The topological polar surface area (TPSA) is 71.3 Å². The van der Waals surface area contributed by atoms with Crippen LogP contribution in [0.5, 0.6) is 0 Å². The molecule has 2 amide bonds. The van der Waals surface area contributed by atoms with Crippen LogP contribution in [0.3, 0.4) is 0 Å². The third-order valence-corrected chi connectivity index (χ3v) is 4.69. The second kappa shape index (κ2) is 6.82. The van der Waals surface area contributed by atoms with E-state index in [1.165, 1.54) is 6.07 Å². The van der Waals surface area contributed by atoms with Gasteiger partial charge in [-0.2, -0.15) is 0 Å². The fraction of sp³-hybridized carbons (Fsp3) is 0.0588. The second-order valence-corrected chi connectivity index (χ2v) is 6.68. The molecule has 24 heavy (non-hydrogen) atoms. The van der Waals surface area contributed by atoms with Gasteiger partial charge in [0.15, 0.2) is 5.76 Å². The van der Waals surface area contributed by atoms with Crippen LogP contribution >= 0.6 is 34.2 Å². The highest BCUT2D eigenvalue weighted by atomic mass is 127. The van der Waals surface area contributed by atoms with Crippen LogP contribution < -0.4 is 10.9 Å². The summed E-state index contributed by atoms with van der Waals surface area (Å²) in [4.78, 5) is 24.5. The lowest BCUT2D eigenvalue weighted by Gasteiger charge is -2.08. The molecule has 0 fully saturated rings. The average Bonchev–Trinajstić information content (AvgIpc) is 2.92. The number of hydrazine groups is 1. The highest BCUT2D eigenvalue weighted by Crippen LogP contribution is 2.24. The molecule has 1 heterocycles. The summed E-state index contributed by atoms with van der Waals surface area (Å²) in [5.74, 6) is -0.810. The largest absolute Gasteiger partial charge is 0.451 e. The maximum atomic E-state index is 12.3. The Morgan fingerprint density at radius 3 is 2.54 bits per heavy atom. The van der Waals surface area contributed by atoms with Crippen molar-refractivity contribution in [2.45, 2.75) is 6.92 Å². The molecule has 0 unspecified atom stereocenters. The van der Waals surface area contributed by atoms with Gasteiger partial charge in [0, 0.05) is 19.5 Å². The molecule has 0 spiro atoms. The number of carbonyl (C=O) groups excluding carboxylic acids is 2. The van der Waals surface area contributed by atoms with Gasteiger partial charge in [0.05, 0.1) is 5.56 Å². The third-order valence-electron chi connectivity index (χ3n) is 3.51. The molecule has 2 N–H and O–H groups in total. The highest BCUT2D eigenvalue weighted by molar-refractivity contribution is 14.1. The number of fused-ring (bicyclic) bond motifs is 1. The van der Waals surface area contributed by atoms with Crippen LogP contribution in [0.4, 0.5) is 0 Å². The van der Waals surface area contributed by atoms with Crippen molar-refractivity contribution in [2.75, 3.05) is 0 Å². The summed E-state index contributed by atoms with van der Waals surface area (Å²) in [5.41, 5.74) is 6.46. The molecule has 5 nitrogen and oxygen atoms in total. The van der Waals surface area contributed by atoms with E-state index < -0.39 is 11.8 Å². The first-order valence-corrected chi connectivity index (χ1v) is 8.47. The van der Waals surface area contributed by atoms with E-state index in [0.717, 1.165) is 14.5 Å². The molecule has 0 saturated carbocycles. The molecular weight excluding hydrogens is 443 g/mol. The summed E-state index contributed by atoms with van der Waals surface area (Å²) in [6.45, 7) is 1.79. The number of hydrogen-bond donors (Lipinski definition) is 2. The van der Waals surface area contributed by atoms with Crippen LogP contribution in [0.2, 0.25) is 5.02 Å². The first-order chi connectivity index (χ1) is 11.5. The Bertz CT molecular complexity index is 952. The summed E-state index contributed by atoms with van der Waals surface area (Å²) in [6.07, 6.45) is 0. The minimum atomic E-state index is -0.519. The van der Waals surface area contributed by atoms with Crippen molar-refractivity contribution < 1.29 is 14.0 Å². The maximum Gasteiger partial charge on any atom is 0.305 e. The number of amides is 2. The van der Waals surface area contributed by atoms with Gasteiger partial charge in [0.1, 0.15) is 5.58 Å². The molecule has 0 bridgehead atoms. The minimum absolute atomic E-state index is 0.164. The number of nitrogens with one attached hydrogen (secondary N) is 2. The van der Waals surface area contributed by atoms with Crippen molar-refractivity contribution >= 4 is 57.0 Å². The van der Waals surface area contributed by atoms with Crippen LogP contribution in [-0.2, 0) is 0 Å². The first-order valence-electron chi connectivity index (χ1n) is 7.01. The van der Waals surface area contributed by atoms with Gasteiger partial charge in [0.2, 0.25) is 0 Å².